The Morgan fingerprint density at radius 3 is 2.63 bits per heavy atom. The fourth-order valence-electron chi connectivity index (χ4n) is 6.31. The first kappa shape index (κ1) is 34.9. The molecule has 4 heterocycles. The molecule has 0 bridgehead atoms. The molecule has 1 aliphatic carbocycles. The summed E-state index contributed by atoms with van der Waals surface area (Å²) in [6, 6.07) is 15.7. The Balaban J connectivity index is 0.000000259. The minimum atomic E-state index is 0. The Hall–Kier alpha value is -2.59. The van der Waals surface area contributed by atoms with Crippen LogP contribution in [-0.4, -0.2) is 10.7 Å². The van der Waals surface area contributed by atoms with Gasteiger partial charge in [0.15, 0.2) is 17.8 Å². The molecule has 1 aliphatic heterocycles. The third-order valence-electron chi connectivity index (χ3n) is 8.22. The average Bonchev–Trinajstić information content (AvgIpc) is 3.37. The Bertz CT molecular complexity index is 1760. The number of hydrogen-bond donors (Lipinski definition) is 0. The Labute approximate surface area is 300 Å². The van der Waals surface area contributed by atoms with Crippen molar-refractivity contribution in [2.75, 3.05) is 0 Å². The third kappa shape index (κ3) is 7.05. The number of furan rings is 1. The molecule has 5 heteroatoms. The van der Waals surface area contributed by atoms with Crippen LogP contribution in [0.15, 0.2) is 94.1 Å². The van der Waals surface area contributed by atoms with E-state index in [2.05, 4.69) is 107 Å². The fraction of sp³-hybridized carbons (Fsp3) is 0.316. The van der Waals surface area contributed by atoms with Gasteiger partial charge in [-0.05, 0) is 69.9 Å². The number of rotatable bonds is 4. The molecular formula is C38H43KN3O+. The molecular weight excluding hydrogens is 554 g/mol. The summed E-state index contributed by atoms with van der Waals surface area (Å²) < 4.78 is 8.77. The van der Waals surface area contributed by atoms with E-state index in [1.54, 1.807) is 0 Å². The van der Waals surface area contributed by atoms with Crippen molar-refractivity contribution < 1.29 is 60.4 Å². The van der Waals surface area contributed by atoms with E-state index < -0.39 is 0 Å². The van der Waals surface area contributed by atoms with Gasteiger partial charge in [-0.25, -0.2) is 4.98 Å². The van der Waals surface area contributed by atoms with E-state index in [9.17, 15) is 0 Å². The van der Waals surface area contributed by atoms with Crippen molar-refractivity contribution in [2.24, 2.45) is 10.9 Å². The van der Waals surface area contributed by atoms with Gasteiger partial charge in [-0.2, -0.15) is 4.57 Å². The van der Waals surface area contributed by atoms with E-state index in [-0.39, 0.29) is 58.8 Å². The number of aliphatic imine (C=N–C) groups is 1. The third-order valence-corrected chi connectivity index (χ3v) is 8.22. The van der Waals surface area contributed by atoms with Gasteiger partial charge in [0.25, 0.3) is 0 Å². The molecule has 0 radical (unpaired) electrons. The Morgan fingerprint density at radius 2 is 1.91 bits per heavy atom. The van der Waals surface area contributed by atoms with Crippen LogP contribution in [-0.2, 0) is 0 Å². The van der Waals surface area contributed by atoms with Gasteiger partial charge in [-0.3, -0.25) is 4.99 Å². The number of allylic oxidation sites excluding steroid dienone is 5. The van der Waals surface area contributed by atoms with Crippen molar-refractivity contribution in [3.63, 3.8) is 0 Å². The summed E-state index contributed by atoms with van der Waals surface area (Å²) in [6.07, 6.45) is 15.6. The van der Waals surface area contributed by atoms with E-state index in [1.165, 1.54) is 22.4 Å². The second kappa shape index (κ2) is 15.9. The maximum atomic E-state index is 6.33. The van der Waals surface area contributed by atoms with Crippen molar-refractivity contribution in [2.45, 2.75) is 72.8 Å². The van der Waals surface area contributed by atoms with Crippen LogP contribution >= 0.6 is 0 Å². The van der Waals surface area contributed by atoms with Crippen LogP contribution in [0, 0.1) is 32.1 Å². The maximum Gasteiger partial charge on any atom is 1.00 e. The second-order valence-electron chi connectivity index (χ2n) is 10.7. The number of aryl methyl sites for hydroxylation is 1. The van der Waals surface area contributed by atoms with Crippen LogP contribution in [0.1, 0.15) is 77.1 Å². The first-order valence-corrected chi connectivity index (χ1v) is 14.8. The molecule has 2 aliphatic rings. The monoisotopic (exact) mass is 596 g/mol. The van der Waals surface area contributed by atoms with Crippen LogP contribution in [0.2, 0.25) is 0 Å². The fourth-order valence-corrected chi connectivity index (χ4v) is 6.31. The van der Waals surface area contributed by atoms with Gasteiger partial charge < -0.3 is 11.8 Å². The van der Waals surface area contributed by atoms with Gasteiger partial charge in [0.2, 0.25) is 11.4 Å². The number of benzene rings is 1. The summed E-state index contributed by atoms with van der Waals surface area (Å²) in [4.78, 5) is 8.98. The van der Waals surface area contributed by atoms with E-state index in [4.69, 9.17) is 4.42 Å². The minimum absolute atomic E-state index is 0. The molecule has 3 unspecified atom stereocenters. The summed E-state index contributed by atoms with van der Waals surface area (Å²) in [6.45, 7) is 12.5. The zero-order valence-corrected chi connectivity index (χ0v) is 30.2. The molecule has 0 fully saturated rings. The van der Waals surface area contributed by atoms with E-state index >= 15 is 0 Å². The van der Waals surface area contributed by atoms with Crippen LogP contribution in [0.3, 0.4) is 0 Å². The molecule has 6 rings (SSSR count). The van der Waals surface area contributed by atoms with Crippen LogP contribution < -0.4 is 56.0 Å². The molecule has 0 spiro atoms. The summed E-state index contributed by atoms with van der Waals surface area (Å²) in [7, 11) is 0. The number of pyridine rings is 2. The first-order chi connectivity index (χ1) is 20.0. The van der Waals surface area contributed by atoms with E-state index in [0.717, 1.165) is 52.7 Å². The molecule has 4 aromatic rings. The van der Waals surface area contributed by atoms with Crippen molar-refractivity contribution >= 4 is 27.8 Å². The first-order valence-electron chi connectivity index (χ1n) is 14.8. The van der Waals surface area contributed by atoms with Gasteiger partial charge in [0.1, 0.15) is 0 Å². The molecule has 4 nitrogen and oxygen atoms in total. The zero-order valence-electron chi connectivity index (χ0n) is 27.1. The van der Waals surface area contributed by atoms with E-state index in [0.29, 0.717) is 17.9 Å². The molecule has 0 saturated carbocycles. The molecule has 1 aromatic carbocycles. The van der Waals surface area contributed by atoms with Gasteiger partial charge in [-0.1, -0.05) is 56.2 Å². The minimum Gasteiger partial charge on any atom is -0.437 e. The Morgan fingerprint density at radius 1 is 1.12 bits per heavy atom. The number of hydrogen-bond acceptors (Lipinski definition) is 3. The molecule has 0 saturated heterocycles. The second-order valence-corrected chi connectivity index (χ2v) is 10.7. The molecule has 0 N–H and O–H groups in total. The van der Waals surface area contributed by atoms with Crippen molar-refractivity contribution in [1.29, 1.82) is 0 Å². The van der Waals surface area contributed by atoms with Crippen molar-refractivity contribution in [3.05, 3.63) is 103 Å². The van der Waals surface area contributed by atoms with E-state index in [1.807, 2.05) is 40.0 Å². The molecule has 3 atom stereocenters. The predicted octanol–water partition coefficient (Wildman–Crippen LogP) is 6.66. The number of aromatic nitrogens is 2. The van der Waals surface area contributed by atoms with Gasteiger partial charge in [0.05, 0.1) is 11.5 Å². The van der Waals surface area contributed by atoms with Crippen molar-refractivity contribution in [1.82, 2.24) is 4.98 Å². The predicted molar refractivity (Wildman–Crippen MR) is 177 cm³/mol. The topological polar surface area (TPSA) is 42.3 Å². The molecule has 3 aromatic heterocycles. The number of nitrogens with zero attached hydrogens (tertiary/aromatic N) is 3. The van der Waals surface area contributed by atoms with Gasteiger partial charge >= 0.3 is 51.4 Å². The molecule has 216 valence electrons. The normalized spacial score (nSPS) is 18.8. The smallest absolute Gasteiger partial charge is 0.437 e. The summed E-state index contributed by atoms with van der Waals surface area (Å²) in [5.41, 5.74) is 8.91. The van der Waals surface area contributed by atoms with Gasteiger partial charge in [0, 0.05) is 52.8 Å². The summed E-state index contributed by atoms with van der Waals surface area (Å²) in [5, 5.41) is 2.26. The summed E-state index contributed by atoms with van der Waals surface area (Å²) in [5.74, 6) is 7.01. The Kier molecular flexibility index (Phi) is 12.9. The SMILES string of the molecule is CC#CC1CC=CC=C1C(C)=N/C=C\C.CCC1c2ccc3c(oc4nc(C)ccc43)c2-c2cccc[n+]2C1CC.[CH3-].[K+]. The van der Waals surface area contributed by atoms with Gasteiger partial charge in [-0.15, -0.1) is 5.92 Å². The zero-order chi connectivity index (χ0) is 28.9. The maximum absolute atomic E-state index is 6.33. The molecule has 0 amide bonds. The molecule has 43 heavy (non-hydrogen) atoms. The van der Waals surface area contributed by atoms with Crippen LogP contribution in [0.5, 0.6) is 0 Å². The average molecular weight is 597 g/mol. The largest absolute Gasteiger partial charge is 1.00 e. The number of fused-ring (bicyclic) bond motifs is 7. The standard InChI is InChI=1S/C23H23N2O.C14H17N.CH3.K/c1-4-15-16-11-12-17-18-10-9-14(3)24-23(18)26-22(17)21(16)20-8-6-7-13-25(20)19(15)5-2;1-4-8-13-9-6-7-10-14(13)12(3)15-11-5-2;;/h6-13,15,19H,4-5H2,1-3H3;5-7,10-11,13H,9H2,1-3H3;1H3;/q+1;;-1;+1/b;11-5-,15-12?;;. The van der Waals surface area contributed by atoms with Crippen LogP contribution in [0.4, 0.5) is 0 Å². The quantitative estimate of drug-likeness (QED) is 0.0869. The van der Waals surface area contributed by atoms with Crippen LogP contribution in [0.25, 0.3) is 33.3 Å². The van der Waals surface area contributed by atoms with Crippen molar-refractivity contribution in [3.8, 4) is 23.1 Å². The summed E-state index contributed by atoms with van der Waals surface area (Å²) >= 11 is 0.